The summed E-state index contributed by atoms with van der Waals surface area (Å²) >= 11 is 0. The second kappa shape index (κ2) is 20.2. The first-order valence-electron chi connectivity index (χ1n) is 10.9. The van der Waals surface area contributed by atoms with Gasteiger partial charge in [0.2, 0.25) is 5.91 Å². The molecule has 0 aromatic rings. The van der Waals surface area contributed by atoms with E-state index in [1.807, 2.05) is 5.43 Å². The highest BCUT2D eigenvalue weighted by Crippen LogP contribution is 2.13. The van der Waals surface area contributed by atoms with E-state index in [-0.39, 0.29) is 24.9 Å². The van der Waals surface area contributed by atoms with Gasteiger partial charge in [-0.2, -0.15) is 0 Å². The summed E-state index contributed by atoms with van der Waals surface area (Å²) in [6.07, 6.45) is 20.2. The fourth-order valence-corrected chi connectivity index (χ4v) is 3.04. The molecule has 0 heterocycles. The molecule has 154 valence electrons. The van der Waals surface area contributed by atoms with Crippen LogP contribution in [0, 0.1) is 0 Å². The Hall–Kier alpha value is -1.10. The van der Waals surface area contributed by atoms with Gasteiger partial charge in [0, 0.05) is 6.42 Å². The van der Waals surface area contributed by atoms with Crippen molar-refractivity contribution in [1.29, 1.82) is 0 Å². The molecule has 0 aliphatic heterocycles. The summed E-state index contributed by atoms with van der Waals surface area (Å²) in [5.41, 5.74) is 2.01. The van der Waals surface area contributed by atoms with Gasteiger partial charge in [-0.3, -0.25) is 15.0 Å². The number of carbonyl (C=O) groups is 2. The Kier molecular flexibility index (Phi) is 19.4. The van der Waals surface area contributed by atoms with Gasteiger partial charge in [-0.15, -0.1) is 0 Å². The summed E-state index contributed by atoms with van der Waals surface area (Å²) in [6.45, 7) is 2.38. The first-order valence-corrected chi connectivity index (χ1v) is 10.9. The number of esters is 1. The molecule has 5 nitrogen and oxygen atoms in total. The lowest BCUT2D eigenvalue weighted by Gasteiger charge is -2.05. The predicted molar refractivity (Wildman–Crippen MR) is 107 cm³/mol. The molecule has 1 amide bonds. The SMILES string of the molecule is CCCCCCCCCCCCCCCCCC(=O)OCCC(=O)NN. The van der Waals surface area contributed by atoms with E-state index in [1.54, 1.807) is 0 Å². The Morgan fingerprint density at radius 2 is 1.12 bits per heavy atom. The van der Waals surface area contributed by atoms with E-state index in [4.69, 9.17) is 10.6 Å². The number of nitrogens with two attached hydrogens (primary N) is 1. The molecule has 0 aromatic carbocycles. The molecule has 3 N–H and O–H groups in total. The molecule has 0 radical (unpaired) electrons. The zero-order chi connectivity index (χ0) is 19.3. The van der Waals surface area contributed by atoms with E-state index in [2.05, 4.69) is 6.92 Å². The van der Waals surface area contributed by atoms with Crippen molar-refractivity contribution in [3.05, 3.63) is 0 Å². The Morgan fingerprint density at radius 1 is 0.692 bits per heavy atom. The quantitative estimate of drug-likeness (QED) is 0.108. The van der Waals surface area contributed by atoms with Gasteiger partial charge in [0.1, 0.15) is 6.61 Å². The Balaban J connectivity index is 3.15. The molecule has 0 fully saturated rings. The third kappa shape index (κ3) is 19.2. The smallest absolute Gasteiger partial charge is 0.305 e. The maximum absolute atomic E-state index is 11.5. The number of ether oxygens (including phenoxy) is 1. The first-order chi connectivity index (χ1) is 12.7. The molecular weight excluding hydrogens is 328 g/mol. The van der Waals surface area contributed by atoms with E-state index in [1.165, 1.54) is 83.5 Å². The number of hydrogen-bond acceptors (Lipinski definition) is 4. The molecule has 0 rings (SSSR count). The summed E-state index contributed by atoms with van der Waals surface area (Å²) in [5.74, 6) is 4.41. The normalized spacial score (nSPS) is 10.7. The zero-order valence-electron chi connectivity index (χ0n) is 17.0. The van der Waals surface area contributed by atoms with Crippen LogP contribution in [0.2, 0.25) is 0 Å². The van der Waals surface area contributed by atoms with Crippen molar-refractivity contribution < 1.29 is 14.3 Å². The van der Waals surface area contributed by atoms with E-state index in [0.717, 1.165) is 12.8 Å². The third-order valence-electron chi connectivity index (χ3n) is 4.74. The van der Waals surface area contributed by atoms with Gasteiger partial charge in [-0.25, -0.2) is 5.84 Å². The van der Waals surface area contributed by atoms with Crippen LogP contribution in [-0.2, 0) is 14.3 Å². The van der Waals surface area contributed by atoms with Crippen LogP contribution in [0.4, 0.5) is 0 Å². The maximum Gasteiger partial charge on any atom is 0.305 e. The molecule has 0 aromatic heterocycles. The van der Waals surface area contributed by atoms with Gasteiger partial charge in [-0.05, 0) is 6.42 Å². The molecule has 0 spiro atoms. The van der Waals surface area contributed by atoms with Crippen molar-refractivity contribution in [2.24, 2.45) is 5.84 Å². The van der Waals surface area contributed by atoms with Crippen LogP contribution in [0.1, 0.15) is 116 Å². The van der Waals surface area contributed by atoms with Crippen molar-refractivity contribution in [1.82, 2.24) is 5.43 Å². The van der Waals surface area contributed by atoms with Crippen molar-refractivity contribution in [3.63, 3.8) is 0 Å². The number of unbranched alkanes of at least 4 members (excludes halogenated alkanes) is 14. The fraction of sp³-hybridized carbons (Fsp3) is 0.905. The number of amides is 1. The van der Waals surface area contributed by atoms with Gasteiger partial charge in [0.15, 0.2) is 0 Å². The van der Waals surface area contributed by atoms with Crippen molar-refractivity contribution in [3.8, 4) is 0 Å². The van der Waals surface area contributed by atoms with Crippen LogP contribution >= 0.6 is 0 Å². The molecule has 26 heavy (non-hydrogen) atoms. The van der Waals surface area contributed by atoms with Gasteiger partial charge < -0.3 is 4.74 Å². The minimum absolute atomic E-state index is 0.112. The maximum atomic E-state index is 11.5. The number of carbonyl (C=O) groups excluding carboxylic acids is 2. The van der Waals surface area contributed by atoms with E-state index in [9.17, 15) is 9.59 Å². The van der Waals surface area contributed by atoms with E-state index in [0.29, 0.717) is 6.42 Å². The van der Waals surface area contributed by atoms with Crippen molar-refractivity contribution in [2.45, 2.75) is 116 Å². The molecule has 0 atom stereocenters. The lowest BCUT2D eigenvalue weighted by Crippen LogP contribution is -2.30. The second-order valence-electron chi connectivity index (χ2n) is 7.24. The highest BCUT2D eigenvalue weighted by atomic mass is 16.5. The van der Waals surface area contributed by atoms with Gasteiger partial charge in [-0.1, -0.05) is 96.8 Å². The topological polar surface area (TPSA) is 81.4 Å². The molecular formula is C21H42N2O3. The minimum Gasteiger partial charge on any atom is -0.465 e. The summed E-state index contributed by atoms with van der Waals surface area (Å²) in [7, 11) is 0. The van der Waals surface area contributed by atoms with Crippen LogP contribution in [0.15, 0.2) is 0 Å². The lowest BCUT2D eigenvalue weighted by atomic mass is 10.0. The number of rotatable bonds is 19. The highest BCUT2D eigenvalue weighted by Gasteiger charge is 2.04. The second-order valence-corrected chi connectivity index (χ2v) is 7.24. The van der Waals surface area contributed by atoms with Gasteiger partial charge in [0.25, 0.3) is 0 Å². The monoisotopic (exact) mass is 370 g/mol. The molecule has 0 saturated heterocycles. The average molecular weight is 371 g/mol. The number of nitrogens with one attached hydrogen (secondary N) is 1. The predicted octanol–water partition coefficient (Wildman–Crippen LogP) is 5.17. The zero-order valence-corrected chi connectivity index (χ0v) is 17.0. The van der Waals surface area contributed by atoms with Crippen LogP contribution in [-0.4, -0.2) is 18.5 Å². The summed E-state index contributed by atoms with van der Waals surface area (Å²) in [4.78, 5) is 22.3. The molecule has 0 bridgehead atoms. The van der Waals surface area contributed by atoms with E-state index < -0.39 is 0 Å². The summed E-state index contributed by atoms with van der Waals surface area (Å²) in [5, 5.41) is 0. The molecule has 5 heteroatoms. The third-order valence-corrected chi connectivity index (χ3v) is 4.74. The van der Waals surface area contributed by atoms with Crippen LogP contribution in [0.25, 0.3) is 0 Å². The van der Waals surface area contributed by atoms with Crippen LogP contribution in [0.5, 0.6) is 0 Å². The highest BCUT2D eigenvalue weighted by molar-refractivity contribution is 5.76. The van der Waals surface area contributed by atoms with Crippen LogP contribution < -0.4 is 11.3 Å². The lowest BCUT2D eigenvalue weighted by molar-refractivity contribution is -0.144. The average Bonchev–Trinajstić information content (AvgIpc) is 2.64. The van der Waals surface area contributed by atoms with Gasteiger partial charge in [0.05, 0.1) is 6.42 Å². The largest absolute Gasteiger partial charge is 0.465 e. The van der Waals surface area contributed by atoms with Gasteiger partial charge >= 0.3 is 5.97 Å². The molecule has 0 aliphatic carbocycles. The van der Waals surface area contributed by atoms with Crippen molar-refractivity contribution in [2.75, 3.05) is 6.61 Å². The summed E-state index contributed by atoms with van der Waals surface area (Å²) in [6, 6.07) is 0. The molecule has 0 aliphatic rings. The molecule has 0 unspecified atom stereocenters. The molecule has 0 saturated carbocycles. The van der Waals surface area contributed by atoms with E-state index >= 15 is 0 Å². The Bertz CT molecular complexity index is 335. The van der Waals surface area contributed by atoms with Crippen LogP contribution in [0.3, 0.4) is 0 Å². The Morgan fingerprint density at radius 3 is 1.54 bits per heavy atom. The standard InChI is InChI=1S/C21H42N2O3/c1-2-3-4-5-6-7-8-9-10-11-12-13-14-15-16-17-21(25)26-19-18-20(24)23-22/h2-19,22H2,1H3,(H,23,24). The summed E-state index contributed by atoms with van der Waals surface area (Å²) < 4.78 is 4.98. The Labute approximate surface area is 160 Å². The minimum atomic E-state index is -0.315. The number of hydrazine groups is 1. The first kappa shape index (κ1) is 24.9. The fourth-order valence-electron chi connectivity index (χ4n) is 3.04. The van der Waals surface area contributed by atoms with Crippen molar-refractivity contribution >= 4 is 11.9 Å². The number of hydrogen-bond donors (Lipinski definition) is 2.